The SMILES string of the molecule is c1ccc(-c2nc(-c3ccc4c(c3)c3ccccc3c3ccc5c(c6cc7ccccc7cc6n5-c5cccnc5)c34)nc3ccc4ccccc4c23)cc1. The lowest BCUT2D eigenvalue weighted by atomic mass is 9.90. The van der Waals surface area contributed by atoms with Crippen molar-refractivity contribution in [2.75, 3.05) is 0 Å². The molecule has 0 saturated carbocycles. The van der Waals surface area contributed by atoms with Crippen molar-refractivity contribution >= 4 is 86.6 Å². The molecule has 0 N–H and O–H groups in total. The first-order valence-corrected chi connectivity index (χ1v) is 18.7. The van der Waals surface area contributed by atoms with E-state index in [1.807, 2.05) is 18.5 Å². The van der Waals surface area contributed by atoms with Gasteiger partial charge in [0.05, 0.1) is 34.1 Å². The molecule has 4 heteroatoms. The van der Waals surface area contributed by atoms with Gasteiger partial charge in [0.1, 0.15) is 0 Å². The number of pyridine rings is 1. The number of hydrogen-bond donors (Lipinski definition) is 0. The Morgan fingerprint density at radius 1 is 0.382 bits per heavy atom. The first kappa shape index (κ1) is 30.1. The molecule has 0 atom stereocenters. The molecule has 0 unspecified atom stereocenters. The fraction of sp³-hybridized carbons (Fsp3) is 0. The van der Waals surface area contributed by atoms with Crippen LogP contribution in [0.1, 0.15) is 0 Å². The second-order valence-electron chi connectivity index (χ2n) is 14.4. The molecule has 55 heavy (non-hydrogen) atoms. The Hall–Kier alpha value is -7.43. The molecule has 0 saturated heterocycles. The number of benzene rings is 9. The molecule has 12 aromatic rings. The minimum absolute atomic E-state index is 0.713. The number of rotatable bonds is 3. The average Bonchev–Trinajstić information content (AvgIpc) is 3.58. The van der Waals surface area contributed by atoms with Gasteiger partial charge in [0, 0.05) is 38.9 Å². The van der Waals surface area contributed by atoms with Crippen molar-refractivity contribution in [2.24, 2.45) is 0 Å². The average molecular weight is 699 g/mol. The number of aromatic nitrogens is 4. The molecule has 254 valence electrons. The zero-order valence-corrected chi connectivity index (χ0v) is 29.6. The van der Waals surface area contributed by atoms with Crippen LogP contribution >= 0.6 is 0 Å². The molecule has 0 bridgehead atoms. The zero-order valence-electron chi connectivity index (χ0n) is 29.6. The maximum Gasteiger partial charge on any atom is 0.160 e. The summed E-state index contributed by atoms with van der Waals surface area (Å²) in [6, 6.07) is 61.0. The number of hydrogen-bond acceptors (Lipinski definition) is 3. The van der Waals surface area contributed by atoms with Crippen LogP contribution in [0.2, 0.25) is 0 Å². The lowest BCUT2D eigenvalue weighted by Crippen LogP contribution is -1.96. The highest BCUT2D eigenvalue weighted by Crippen LogP contribution is 2.45. The summed E-state index contributed by atoms with van der Waals surface area (Å²) in [7, 11) is 0. The van der Waals surface area contributed by atoms with Crippen molar-refractivity contribution in [3.63, 3.8) is 0 Å². The zero-order chi connectivity index (χ0) is 36.0. The molecular weight excluding hydrogens is 669 g/mol. The summed E-state index contributed by atoms with van der Waals surface area (Å²) in [5.74, 6) is 0.713. The summed E-state index contributed by atoms with van der Waals surface area (Å²) < 4.78 is 2.37. The normalized spacial score (nSPS) is 12.0. The van der Waals surface area contributed by atoms with Crippen molar-refractivity contribution in [1.82, 2.24) is 19.5 Å². The molecule has 0 fully saturated rings. The topological polar surface area (TPSA) is 43.6 Å². The molecule has 0 aliphatic carbocycles. The summed E-state index contributed by atoms with van der Waals surface area (Å²) >= 11 is 0. The van der Waals surface area contributed by atoms with Crippen LogP contribution in [0.25, 0.3) is 115 Å². The first-order valence-electron chi connectivity index (χ1n) is 18.7. The highest BCUT2D eigenvalue weighted by molar-refractivity contribution is 6.36. The van der Waals surface area contributed by atoms with Crippen molar-refractivity contribution in [2.45, 2.75) is 0 Å². The maximum atomic E-state index is 5.38. The van der Waals surface area contributed by atoms with Crippen LogP contribution in [0.15, 0.2) is 182 Å². The number of fused-ring (bicyclic) bond motifs is 14. The third-order valence-electron chi connectivity index (χ3n) is 11.4. The molecule has 3 aromatic heterocycles. The van der Waals surface area contributed by atoms with E-state index in [-0.39, 0.29) is 0 Å². The summed E-state index contributed by atoms with van der Waals surface area (Å²) in [5, 5.41) is 15.6. The van der Waals surface area contributed by atoms with Gasteiger partial charge in [-0.15, -0.1) is 0 Å². The van der Waals surface area contributed by atoms with Gasteiger partial charge in [-0.3, -0.25) is 4.98 Å². The van der Waals surface area contributed by atoms with Crippen LogP contribution in [-0.4, -0.2) is 19.5 Å². The highest BCUT2D eigenvalue weighted by atomic mass is 15.0. The third kappa shape index (κ3) is 4.43. The van der Waals surface area contributed by atoms with E-state index in [0.717, 1.165) is 49.8 Å². The first-order chi connectivity index (χ1) is 27.3. The standard InChI is InChI=1S/C51H30N4/c1-2-12-32(13-3-1)50-48-37-17-7-6-11-31(37)21-24-44(48)53-51(54-50)35-20-22-41-42(28-35)39-19-9-8-18-38(39)40-23-25-45-49(47(40)41)43-27-33-14-4-5-15-34(33)29-46(43)55(45)36-16-10-26-52-30-36/h1-30H. The number of nitrogens with zero attached hydrogens (tertiary/aromatic N) is 4. The van der Waals surface area contributed by atoms with Crippen LogP contribution in [0.4, 0.5) is 0 Å². The van der Waals surface area contributed by atoms with Gasteiger partial charge in [0.25, 0.3) is 0 Å². The van der Waals surface area contributed by atoms with Gasteiger partial charge in [0.2, 0.25) is 0 Å². The van der Waals surface area contributed by atoms with Crippen LogP contribution in [0, 0.1) is 0 Å². The smallest absolute Gasteiger partial charge is 0.160 e. The molecule has 0 aliphatic heterocycles. The van der Waals surface area contributed by atoms with Crippen molar-refractivity contribution in [3.05, 3.63) is 182 Å². The molecule has 0 spiro atoms. The van der Waals surface area contributed by atoms with Gasteiger partial charge in [-0.1, -0.05) is 127 Å². The largest absolute Gasteiger partial charge is 0.308 e. The molecule has 0 aliphatic rings. The van der Waals surface area contributed by atoms with Crippen LogP contribution in [-0.2, 0) is 0 Å². The Morgan fingerprint density at radius 2 is 1.09 bits per heavy atom. The highest BCUT2D eigenvalue weighted by Gasteiger charge is 2.21. The molecular formula is C51H30N4. The van der Waals surface area contributed by atoms with Crippen LogP contribution in [0.5, 0.6) is 0 Å². The van der Waals surface area contributed by atoms with E-state index in [0.29, 0.717) is 5.82 Å². The van der Waals surface area contributed by atoms with Crippen molar-refractivity contribution < 1.29 is 0 Å². The second-order valence-corrected chi connectivity index (χ2v) is 14.4. The van der Waals surface area contributed by atoms with Gasteiger partial charge in [-0.05, 0) is 90.9 Å². The Morgan fingerprint density at radius 3 is 1.91 bits per heavy atom. The lowest BCUT2D eigenvalue weighted by molar-refractivity contribution is 1.14. The van der Waals surface area contributed by atoms with E-state index in [1.165, 1.54) is 59.2 Å². The quantitative estimate of drug-likeness (QED) is 0.173. The van der Waals surface area contributed by atoms with Gasteiger partial charge in [0.15, 0.2) is 5.82 Å². The maximum absolute atomic E-state index is 5.38. The van der Waals surface area contributed by atoms with E-state index in [9.17, 15) is 0 Å². The molecule has 0 amide bonds. The second kappa shape index (κ2) is 11.5. The summed E-state index contributed by atoms with van der Waals surface area (Å²) in [6.07, 6.45) is 3.79. The Kier molecular flexibility index (Phi) is 6.31. The van der Waals surface area contributed by atoms with Gasteiger partial charge in [-0.25, -0.2) is 9.97 Å². The molecule has 9 aromatic carbocycles. The molecule has 0 radical (unpaired) electrons. The third-order valence-corrected chi connectivity index (χ3v) is 11.4. The monoisotopic (exact) mass is 698 g/mol. The Labute approximate surface area is 315 Å². The van der Waals surface area contributed by atoms with Crippen LogP contribution in [0.3, 0.4) is 0 Å². The summed E-state index contributed by atoms with van der Waals surface area (Å²) in [5.41, 5.74) is 7.30. The molecule has 4 nitrogen and oxygen atoms in total. The van der Waals surface area contributed by atoms with Crippen LogP contribution < -0.4 is 0 Å². The van der Waals surface area contributed by atoms with E-state index in [4.69, 9.17) is 9.97 Å². The van der Waals surface area contributed by atoms with E-state index in [2.05, 4.69) is 173 Å². The van der Waals surface area contributed by atoms with E-state index < -0.39 is 0 Å². The van der Waals surface area contributed by atoms with Crippen molar-refractivity contribution in [3.8, 4) is 28.3 Å². The van der Waals surface area contributed by atoms with Gasteiger partial charge in [-0.2, -0.15) is 0 Å². The van der Waals surface area contributed by atoms with Crippen molar-refractivity contribution in [1.29, 1.82) is 0 Å². The minimum atomic E-state index is 0.713. The van der Waals surface area contributed by atoms with E-state index >= 15 is 0 Å². The minimum Gasteiger partial charge on any atom is -0.308 e. The fourth-order valence-electron chi connectivity index (χ4n) is 8.98. The predicted molar refractivity (Wildman–Crippen MR) is 230 cm³/mol. The van der Waals surface area contributed by atoms with E-state index in [1.54, 1.807) is 0 Å². The molecule has 3 heterocycles. The van der Waals surface area contributed by atoms with Gasteiger partial charge >= 0.3 is 0 Å². The Bertz CT molecular complexity index is 3530. The van der Waals surface area contributed by atoms with Gasteiger partial charge < -0.3 is 4.57 Å². The Balaban J connectivity index is 1.20. The summed E-state index contributed by atoms with van der Waals surface area (Å²) in [4.78, 5) is 15.2. The lowest BCUT2D eigenvalue weighted by Gasteiger charge is -2.15. The summed E-state index contributed by atoms with van der Waals surface area (Å²) in [6.45, 7) is 0. The fourth-order valence-corrected chi connectivity index (χ4v) is 8.98. The molecule has 12 rings (SSSR count). The predicted octanol–water partition coefficient (Wildman–Crippen LogP) is 13.2.